The first-order chi connectivity index (χ1) is 10.6. The monoisotopic (exact) mass is 288 g/mol. The Morgan fingerprint density at radius 1 is 0.864 bits per heavy atom. The fourth-order valence-electron chi connectivity index (χ4n) is 3.11. The number of hydrogen-bond donors (Lipinski definition) is 2. The highest BCUT2D eigenvalue weighted by Gasteiger charge is 2.11. The number of aromatic hydroxyl groups is 1. The number of fused-ring (bicyclic) bond motifs is 3. The summed E-state index contributed by atoms with van der Waals surface area (Å²) in [5.74, 6) is 0.258. The topological polar surface area (TPSA) is 51.2 Å². The van der Waals surface area contributed by atoms with Crippen LogP contribution in [0.3, 0.4) is 0 Å². The van der Waals surface area contributed by atoms with Crippen molar-refractivity contribution >= 4 is 27.5 Å². The third-order valence-corrected chi connectivity index (χ3v) is 4.26. The van der Waals surface area contributed by atoms with E-state index in [-0.39, 0.29) is 5.75 Å². The standard InChI is InChI=1S/C19H16N2O/c1-21-18-5-3-2-4-14(18)16-10-15(17(20)11-19(16)21)12-6-8-13(22)9-7-12/h2-11,22H,20H2,1H3. The van der Waals surface area contributed by atoms with Gasteiger partial charge in [0.25, 0.3) is 0 Å². The molecule has 3 aromatic carbocycles. The minimum Gasteiger partial charge on any atom is -0.508 e. The van der Waals surface area contributed by atoms with Gasteiger partial charge >= 0.3 is 0 Å². The van der Waals surface area contributed by atoms with Gasteiger partial charge in [0.05, 0.1) is 5.52 Å². The van der Waals surface area contributed by atoms with Crippen molar-refractivity contribution in [2.75, 3.05) is 5.73 Å². The second-order valence-corrected chi connectivity index (χ2v) is 5.58. The number of phenolic OH excluding ortho intramolecular Hbond substituents is 1. The molecule has 0 saturated carbocycles. The summed E-state index contributed by atoms with van der Waals surface area (Å²) < 4.78 is 2.17. The number of hydrogen-bond acceptors (Lipinski definition) is 2. The van der Waals surface area contributed by atoms with Gasteiger partial charge in [-0.2, -0.15) is 0 Å². The second-order valence-electron chi connectivity index (χ2n) is 5.58. The van der Waals surface area contributed by atoms with E-state index in [1.54, 1.807) is 12.1 Å². The normalized spacial score (nSPS) is 11.3. The molecule has 4 aromatic rings. The van der Waals surface area contributed by atoms with Gasteiger partial charge in [-0.3, -0.25) is 0 Å². The summed E-state index contributed by atoms with van der Waals surface area (Å²) in [5, 5.41) is 11.9. The number of aryl methyl sites for hydroxylation is 1. The quantitative estimate of drug-likeness (QED) is 0.513. The molecular weight excluding hydrogens is 272 g/mol. The summed E-state index contributed by atoms with van der Waals surface area (Å²) in [5.41, 5.74) is 11.3. The Bertz CT molecular complexity index is 997. The van der Waals surface area contributed by atoms with E-state index < -0.39 is 0 Å². The van der Waals surface area contributed by atoms with E-state index in [1.165, 1.54) is 16.3 Å². The Morgan fingerprint density at radius 2 is 1.59 bits per heavy atom. The van der Waals surface area contributed by atoms with Crippen molar-refractivity contribution in [3.05, 3.63) is 60.7 Å². The first-order valence-electron chi connectivity index (χ1n) is 7.21. The number of phenols is 1. The Kier molecular flexibility index (Phi) is 2.63. The van der Waals surface area contributed by atoms with Crippen LogP contribution in [0.4, 0.5) is 5.69 Å². The van der Waals surface area contributed by atoms with Crippen LogP contribution in [-0.4, -0.2) is 9.67 Å². The van der Waals surface area contributed by atoms with Crippen LogP contribution < -0.4 is 5.73 Å². The third kappa shape index (κ3) is 1.76. The molecule has 3 N–H and O–H groups in total. The number of nitrogens with zero attached hydrogens (tertiary/aromatic N) is 1. The van der Waals surface area contributed by atoms with Gasteiger partial charge < -0.3 is 15.4 Å². The lowest BCUT2D eigenvalue weighted by Crippen LogP contribution is -1.92. The maximum absolute atomic E-state index is 9.45. The van der Waals surface area contributed by atoms with Crippen LogP contribution in [0.2, 0.25) is 0 Å². The highest BCUT2D eigenvalue weighted by atomic mass is 16.3. The van der Waals surface area contributed by atoms with E-state index in [0.29, 0.717) is 0 Å². The smallest absolute Gasteiger partial charge is 0.115 e. The maximum Gasteiger partial charge on any atom is 0.115 e. The molecule has 1 aromatic heterocycles. The zero-order valence-electron chi connectivity index (χ0n) is 12.2. The zero-order chi connectivity index (χ0) is 15.3. The molecular formula is C19H16N2O. The van der Waals surface area contributed by atoms with Crippen LogP contribution >= 0.6 is 0 Å². The number of benzene rings is 3. The van der Waals surface area contributed by atoms with Crippen LogP contribution in [0, 0.1) is 0 Å². The molecule has 0 unspecified atom stereocenters. The highest BCUT2D eigenvalue weighted by Crippen LogP contribution is 2.36. The molecule has 0 fully saturated rings. The number of nitrogens with two attached hydrogens (primary N) is 1. The van der Waals surface area contributed by atoms with Gasteiger partial charge in [-0.1, -0.05) is 30.3 Å². The average molecular weight is 288 g/mol. The maximum atomic E-state index is 9.45. The molecule has 1 heterocycles. The molecule has 108 valence electrons. The largest absolute Gasteiger partial charge is 0.508 e. The molecule has 0 amide bonds. The van der Waals surface area contributed by atoms with Crippen molar-refractivity contribution in [1.82, 2.24) is 4.57 Å². The average Bonchev–Trinajstić information content (AvgIpc) is 2.81. The van der Waals surface area contributed by atoms with Gasteiger partial charge in [-0.05, 0) is 35.9 Å². The molecule has 22 heavy (non-hydrogen) atoms. The second kappa shape index (κ2) is 4.53. The Hall–Kier alpha value is -2.94. The summed E-state index contributed by atoms with van der Waals surface area (Å²) in [4.78, 5) is 0. The van der Waals surface area contributed by atoms with Crippen molar-refractivity contribution < 1.29 is 5.11 Å². The van der Waals surface area contributed by atoms with Crippen molar-refractivity contribution in [3.63, 3.8) is 0 Å². The summed E-state index contributed by atoms with van der Waals surface area (Å²) in [7, 11) is 2.06. The van der Waals surface area contributed by atoms with Crippen LogP contribution in [0.5, 0.6) is 5.75 Å². The Labute approximate surface area is 128 Å². The number of rotatable bonds is 1. The van der Waals surface area contributed by atoms with Crippen molar-refractivity contribution in [2.24, 2.45) is 7.05 Å². The zero-order valence-corrected chi connectivity index (χ0v) is 12.2. The molecule has 4 rings (SSSR count). The molecule has 0 spiro atoms. The lowest BCUT2D eigenvalue weighted by molar-refractivity contribution is 0.475. The van der Waals surface area contributed by atoms with Crippen LogP contribution in [0.15, 0.2) is 60.7 Å². The molecule has 0 aliphatic heterocycles. The van der Waals surface area contributed by atoms with E-state index >= 15 is 0 Å². The van der Waals surface area contributed by atoms with Crippen LogP contribution in [0.1, 0.15) is 0 Å². The first kappa shape index (κ1) is 12.8. The Morgan fingerprint density at radius 3 is 2.36 bits per heavy atom. The molecule has 0 radical (unpaired) electrons. The summed E-state index contributed by atoms with van der Waals surface area (Å²) in [6, 6.07) is 19.7. The third-order valence-electron chi connectivity index (χ3n) is 4.26. The first-order valence-corrected chi connectivity index (χ1v) is 7.21. The molecule has 0 bridgehead atoms. The van der Waals surface area contributed by atoms with Crippen molar-refractivity contribution in [2.45, 2.75) is 0 Å². The summed E-state index contributed by atoms with van der Waals surface area (Å²) in [6.07, 6.45) is 0. The van der Waals surface area contributed by atoms with Gasteiger partial charge in [-0.15, -0.1) is 0 Å². The lowest BCUT2D eigenvalue weighted by Gasteiger charge is -2.08. The molecule has 0 atom stereocenters. The number of nitrogen functional groups attached to an aromatic ring is 1. The molecule has 0 saturated heterocycles. The van der Waals surface area contributed by atoms with E-state index in [1.807, 2.05) is 24.3 Å². The minimum atomic E-state index is 0.258. The van der Waals surface area contributed by atoms with E-state index in [9.17, 15) is 5.11 Å². The Balaban J connectivity index is 2.07. The van der Waals surface area contributed by atoms with E-state index in [2.05, 4.69) is 35.9 Å². The minimum absolute atomic E-state index is 0.258. The molecule has 0 aliphatic rings. The molecule has 3 heteroatoms. The fraction of sp³-hybridized carbons (Fsp3) is 0.0526. The van der Waals surface area contributed by atoms with E-state index in [4.69, 9.17) is 5.73 Å². The van der Waals surface area contributed by atoms with Gasteiger partial charge in [0, 0.05) is 34.6 Å². The van der Waals surface area contributed by atoms with Gasteiger partial charge in [0.1, 0.15) is 5.75 Å². The predicted octanol–water partition coefficient (Wildman–Crippen LogP) is 4.29. The highest BCUT2D eigenvalue weighted by molar-refractivity contribution is 6.10. The number of anilines is 1. The van der Waals surface area contributed by atoms with Crippen LogP contribution in [-0.2, 0) is 7.05 Å². The van der Waals surface area contributed by atoms with E-state index in [0.717, 1.165) is 22.3 Å². The predicted molar refractivity (Wildman–Crippen MR) is 91.9 cm³/mol. The number of para-hydroxylation sites is 1. The SMILES string of the molecule is Cn1c2ccccc2c2cc(-c3ccc(O)cc3)c(N)cc21. The van der Waals surface area contributed by atoms with Crippen molar-refractivity contribution in [1.29, 1.82) is 0 Å². The van der Waals surface area contributed by atoms with Gasteiger partial charge in [-0.25, -0.2) is 0 Å². The van der Waals surface area contributed by atoms with Crippen molar-refractivity contribution in [3.8, 4) is 16.9 Å². The van der Waals surface area contributed by atoms with Gasteiger partial charge in [0.15, 0.2) is 0 Å². The molecule has 0 aliphatic carbocycles. The van der Waals surface area contributed by atoms with Crippen LogP contribution in [0.25, 0.3) is 32.9 Å². The fourth-order valence-corrected chi connectivity index (χ4v) is 3.11. The summed E-state index contributed by atoms with van der Waals surface area (Å²) >= 11 is 0. The van der Waals surface area contributed by atoms with Gasteiger partial charge in [0.2, 0.25) is 0 Å². The summed E-state index contributed by atoms with van der Waals surface area (Å²) in [6.45, 7) is 0. The lowest BCUT2D eigenvalue weighted by atomic mass is 10.0. The molecule has 3 nitrogen and oxygen atoms in total. The number of aromatic nitrogens is 1.